The highest BCUT2D eigenvalue weighted by molar-refractivity contribution is 9.11. The van der Waals surface area contributed by atoms with E-state index in [0.29, 0.717) is 16.3 Å². The third-order valence-corrected chi connectivity index (χ3v) is 5.19. The number of rotatable bonds is 8. The molecule has 0 N–H and O–H groups in total. The number of carbonyl (C=O) groups excluding carboxylic acids is 1. The van der Waals surface area contributed by atoms with Crippen molar-refractivity contribution in [2.45, 2.75) is 40.2 Å². The lowest BCUT2D eigenvalue weighted by molar-refractivity contribution is -0.811. The number of carbonyl (C=O) groups is 1. The Kier molecular flexibility index (Phi) is 7.91. The second kappa shape index (κ2) is 8.95. The molecule has 1 amide bonds. The number of hydrogen-bond acceptors (Lipinski definition) is 2. The van der Waals surface area contributed by atoms with Crippen LogP contribution in [0.3, 0.4) is 0 Å². The molecule has 1 aliphatic heterocycles. The maximum Gasteiger partial charge on any atom is 0.344 e. The van der Waals surface area contributed by atoms with Gasteiger partial charge in [0.25, 0.3) is 0 Å². The quantitative estimate of drug-likeness (QED) is 0.459. The van der Waals surface area contributed by atoms with Crippen LogP contribution in [0, 0.1) is 11.8 Å². The standard InChI is InChI=1S/C19H32BrN2O/c1-7-9-17(15(3)4)18(14-21(5)11-8-2)22(6)12-10-16(20)13-19(22)23/h7,9-10,12-13,15,17-18H,8,11,14H2,1-6H3/q+1/b9-7-/t17?,18-,22?/m0/s1. The van der Waals surface area contributed by atoms with E-state index in [4.69, 9.17) is 0 Å². The Labute approximate surface area is 150 Å². The Hall–Kier alpha value is -0.710. The highest BCUT2D eigenvalue weighted by Gasteiger charge is 2.44. The Bertz CT molecular complexity index is 496. The van der Waals surface area contributed by atoms with Gasteiger partial charge in [-0.05, 0) is 32.9 Å². The second-order valence-corrected chi connectivity index (χ2v) is 7.92. The average molecular weight is 384 g/mol. The van der Waals surface area contributed by atoms with Crippen LogP contribution in [0.25, 0.3) is 0 Å². The van der Waals surface area contributed by atoms with Crippen molar-refractivity contribution in [1.82, 2.24) is 4.90 Å². The molecule has 0 aromatic rings. The molecule has 1 heterocycles. The second-order valence-electron chi connectivity index (χ2n) is 7.01. The maximum absolute atomic E-state index is 12.8. The molecule has 1 aliphatic rings. The van der Waals surface area contributed by atoms with Crippen molar-refractivity contribution in [1.29, 1.82) is 0 Å². The fraction of sp³-hybridized carbons (Fsp3) is 0.632. The molecule has 130 valence electrons. The summed E-state index contributed by atoms with van der Waals surface area (Å²) in [6.07, 6.45) is 11.3. The van der Waals surface area contributed by atoms with E-state index in [1.807, 2.05) is 19.3 Å². The van der Waals surface area contributed by atoms with Crippen molar-refractivity contribution in [3.8, 4) is 0 Å². The van der Waals surface area contributed by atoms with Crippen LogP contribution in [0.4, 0.5) is 0 Å². The molecule has 2 unspecified atom stereocenters. The van der Waals surface area contributed by atoms with Gasteiger partial charge in [-0.1, -0.05) is 48.9 Å². The summed E-state index contributed by atoms with van der Waals surface area (Å²) in [6.45, 7) is 10.7. The molecule has 0 saturated carbocycles. The first-order valence-electron chi connectivity index (χ1n) is 8.54. The Balaban J connectivity index is 3.22. The van der Waals surface area contributed by atoms with Crippen molar-refractivity contribution >= 4 is 21.8 Å². The number of amides is 1. The molecule has 23 heavy (non-hydrogen) atoms. The van der Waals surface area contributed by atoms with Crippen molar-refractivity contribution in [3.05, 3.63) is 35.0 Å². The van der Waals surface area contributed by atoms with E-state index in [2.05, 4.69) is 67.7 Å². The SMILES string of the molecule is C/C=C\C(C(C)C)[C@H](CN(C)CCC)[N+]1(C)C=CC(Br)=CC1=O. The van der Waals surface area contributed by atoms with Crippen molar-refractivity contribution in [3.63, 3.8) is 0 Å². The lowest BCUT2D eigenvalue weighted by Crippen LogP contribution is -2.59. The Morgan fingerprint density at radius 2 is 2.04 bits per heavy atom. The van der Waals surface area contributed by atoms with E-state index < -0.39 is 0 Å². The van der Waals surface area contributed by atoms with Gasteiger partial charge in [-0.2, -0.15) is 0 Å². The van der Waals surface area contributed by atoms with E-state index >= 15 is 0 Å². The van der Waals surface area contributed by atoms with Crippen LogP contribution in [-0.4, -0.2) is 48.5 Å². The number of allylic oxidation sites excluding steroid dienone is 3. The predicted octanol–water partition coefficient (Wildman–Crippen LogP) is 4.32. The number of likely N-dealkylation sites (N-methyl/N-ethyl adjacent to an activating group) is 2. The maximum atomic E-state index is 12.8. The minimum Gasteiger partial charge on any atom is -0.301 e. The summed E-state index contributed by atoms with van der Waals surface area (Å²) in [5, 5.41) is 0. The van der Waals surface area contributed by atoms with Crippen LogP contribution in [0.5, 0.6) is 0 Å². The molecule has 0 fully saturated rings. The molecule has 0 aromatic heterocycles. The van der Waals surface area contributed by atoms with Crippen LogP contribution < -0.4 is 0 Å². The third-order valence-electron chi connectivity index (χ3n) is 4.70. The molecule has 3 atom stereocenters. The van der Waals surface area contributed by atoms with E-state index in [9.17, 15) is 4.79 Å². The highest BCUT2D eigenvalue weighted by atomic mass is 79.9. The predicted molar refractivity (Wildman–Crippen MR) is 102 cm³/mol. The fourth-order valence-electron chi connectivity index (χ4n) is 3.34. The molecule has 3 nitrogen and oxygen atoms in total. The summed E-state index contributed by atoms with van der Waals surface area (Å²) in [5.41, 5.74) is 0. The van der Waals surface area contributed by atoms with Gasteiger partial charge in [-0.3, -0.25) is 0 Å². The smallest absolute Gasteiger partial charge is 0.301 e. The van der Waals surface area contributed by atoms with E-state index in [-0.39, 0.29) is 11.9 Å². The lowest BCUT2D eigenvalue weighted by Gasteiger charge is -2.42. The summed E-state index contributed by atoms with van der Waals surface area (Å²) < 4.78 is 1.18. The zero-order valence-electron chi connectivity index (χ0n) is 15.4. The van der Waals surface area contributed by atoms with Gasteiger partial charge in [-0.25, -0.2) is 9.28 Å². The molecule has 0 bridgehead atoms. The van der Waals surface area contributed by atoms with Crippen LogP contribution in [0.15, 0.2) is 35.0 Å². The first kappa shape index (κ1) is 20.3. The number of halogens is 1. The van der Waals surface area contributed by atoms with Crippen molar-refractivity contribution in [2.24, 2.45) is 11.8 Å². The van der Waals surface area contributed by atoms with Crippen molar-refractivity contribution < 1.29 is 9.28 Å². The number of nitrogens with zero attached hydrogens (tertiary/aromatic N) is 2. The van der Waals surface area contributed by atoms with Gasteiger partial charge in [-0.15, -0.1) is 0 Å². The molecule has 4 heteroatoms. The monoisotopic (exact) mass is 383 g/mol. The number of hydrogen-bond donors (Lipinski definition) is 0. The number of quaternary nitrogens is 1. The third kappa shape index (κ3) is 5.13. The highest BCUT2D eigenvalue weighted by Crippen LogP contribution is 2.31. The van der Waals surface area contributed by atoms with Gasteiger partial charge in [0.15, 0.2) is 0 Å². The van der Waals surface area contributed by atoms with Gasteiger partial charge >= 0.3 is 5.91 Å². The topological polar surface area (TPSA) is 20.3 Å². The summed E-state index contributed by atoms with van der Waals surface area (Å²) >= 11 is 3.42. The average Bonchev–Trinajstić information content (AvgIpc) is 2.47. The first-order valence-corrected chi connectivity index (χ1v) is 9.33. The van der Waals surface area contributed by atoms with Crippen LogP contribution in [0.2, 0.25) is 0 Å². The van der Waals surface area contributed by atoms with Gasteiger partial charge < -0.3 is 4.90 Å². The first-order chi connectivity index (χ1) is 10.8. The van der Waals surface area contributed by atoms with E-state index in [0.717, 1.165) is 24.0 Å². The van der Waals surface area contributed by atoms with Gasteiger partial charge in [0.1, 0.15) is 12.2 Å². The Morgan fingerprint density at radius 3 is 2.52 bits per heavy atom. The van der Waals surface area contributed by atoms with Crippen LogP contribution >= 0.6 is 15.9 Å². The normalized spacial score (nSPS) is 24.6. The summed E-state index contributed by atoms with van der Waals surface area (Å²) in [5.74, 6) is 0.976. The summed E-state index contributed by atoms with van der Waals surface area (Å²) in [4.78, 5) is 15.2. The minimum atomic E-state index is 0.143. The summed E-state index contributed by atoms with van der Waals surface area (Å²) in [6, 6.07) is 0.198. The lowest BCUT2D eigenvalue weighted by atomic mass is 9.85. The molecule has 0 aromatic carbocycles. The summed E-state index contributed by atoms with van der Waals surface area (Å²) in [7, 11) is 4.19. The minimum absolute atomic E-state index is 0.143. The van der Waals surface area contributed by atoms with Gasteiger partial charge in [0.2, 0.25) is 0 Å². The molecule has 0 saturated heterocycles. The van der Waals surface area contributed by atoms with Gasteiger partial charge in [0.05, 0.1) is 19.7 Å². The molecule has 0 aliphatic carbocycles. The van der Waals surface area contributed by atoms with Gasteiger partial charge in [0, 0.05) is 16.5 Å². The largest absolute Gasteiger partial charge is 0.344 e. The van der Waals surface area contributed by atoms with Crippen molar-refractivity contribution in [2.75, 3.05) is 27.2 Å². The van der Waals surface area contributed by atoms with E-state index in [1.54, 1.807) is 6.08 Å². The molecular formula is C19H32BrN2O+. The molecule has 0 spiro atoms. The van der Waals surface area contributed by atoms with Crippen LogP contribution in [-0.2, 0) is 4.79 Å². The van der Waals surface area contributed by atoms with Crippen LogP contribution in [0.1, 0.15) is 34.1 Å². The molecular weight excluding hydrogens is 352 g/mol. The Morgan fingerprint density at radius 1 is 1.39 bits per heavy atom. The molecule has 0 radical (unpaired) electrons. The fourth-order valence-corrected chi connectivity index (χ4v) is 3.65. The molecule has 1 rings (SSSR count). The van der Waals surface area contributed by atoms with E-state index in [1.165, 1.54) is 0 Å². The zero-order chi connectivity index (χ0) is 17.6. The zero-order valence-corrected chi connectivity index (χ0v) is 17.0.